The third-order valence-electron chi connectivity index (χ3n) is 5.65. The fourth-order valence-electron chi connectivity index (χ4n) is 3.85. The molecule has 0 atom stereocenters. The molecule has 0 spiro atoms. The molecule has 0 aliphatic rings. The highest BCUT2D eigenvalue weighted by Crippen LogP contribution is 2.30. The number of nitrogens with one attached hydrogen (secondary N) is 1. The monoisotopic (exact) mass is 468 g/mol. The van der Waals surface area contributed by atoms with Crippen molar-refractivity contribution in [3.05, 3.63) is 58.6 Å². The summed E-state index contributed by atoms with van der Waals surface area (Å²) >= 11 is 0. The summed E-state index contributed by atoms with van der Waals surface area (Å²) in [6.07, 6.45) is 5.37. The molecule has 6 nitrogen and oxygen atoms in total. The average Bonchev–Trinajstić information content (AvgIpc) is 2.85. The number of unbranched alkanes of at least 4 members (excludes halogenated alkanes) is 1. The summed E-state index contributed by atoms with van der Waals surface area (Å²) in [5, 5.41) is 2.91. The summed E-state index contributed by atoms with van der Waals surface area (Å²) in [6.45, 7) is 5.61. The molecule has 0 saturated heterocycles. The van der Waals surface area contributed by atoms with Gasteiger partial charge in [-0.1, -0.05) is 32.4 Å². The van der Waals surface area contributed by atoms with E-state index in [1.165, 1.54) is 6.07 Å². The summed E-state index contributed by atoms with van der Waals surface area (Å²) in [5.74, 6) is 0.525. The molecule has 3 aromatic rings. The lowest BCUT2D eigenvalue weighted by molar-refractivity contribution is -0.121. The number of rotatable bonds is 12. The van der Waals surface area contributed by atoms with Crippen LogP contribution >= 0.6 is 0 Å². The zero-order chi connectivity index (χ0) is 24.5. The number of methoxy groups -OCH3 is 1. The molecule has 1 heterocycles. The second kappa shape index (κ2) is 12.2. The first-order chi connectivity index (χ1) is 16.5. The molecular formula is C27H33FN2O4. The molecule has 34 heavy (non-hydrogen) atoms. The smallest absolute Gasteiger partial charge is 0.220 e. The van der Waals surface area contributed by atoms with Gasteiger partial charge in [0.05, 0.1) is 24.6 Å². The number of hydrogen-bond acceptors (Lipinski definition) is 4. The van der Waals surface area contributed by atoms with Crippen molar-refractivity contribution in [3.8, 4) is 22.6 Å². The van der Waals surface area contributed by atoms with E-state index in [0.29, 0.717) is 60.7 Å². The fraction of sp³-hybridized carbons (Fsp3) is 0.407. The highest BCUT2D eigenvalue weighted by molar-refractivity contribution is 5.89. The lowest BCUT2D eigenvalue weighted by atomic mass is 10.0. The highest BCUT2D eigenvalue weighted by Gasteiger charge is 2.18. The number of carbonyl (C=O) groups is 1. The normalized spacial score (nSPS) is 10.9. The Morgan fingerprint density at radius 1 is 1.06 bits per heavy atom. The first-order valence-electron chi connectivity index (χ1n) is 11.9. The van der Waals surface area contributed by atoms with Gasteiger partial charge in [-0.3, -0.25) is 9.59 Å². The molecule has 0 unspecified atom stereocenters. The predicted molar refractivity (Wildman–Crippen MR) is 133 cm³/mol. The van der Waals surface area contributed by atoms with Crippen molar-refractivity contribution < 1.29 is 18.7 Å². The minimum Gasteiger partial charge on any atom is -0.497 e. The van der Waals surface area contributed by atoms with E-state index in [1.807, 2.05) is 11.5 Å². The van der Waals surface area contributed by atoms with Crippen LogP contribution in [0.4, 0.5) is 4.39 Å². The number of pyridine rings is 1. The van der Waals surface area contributed by atoms with E-state index in [1.54, 1.807) is 43.6 Å². The minimum atomic E-state index is -0.592. The van der Waals surface area contributed by atoms with Gasteiger partial charge in [0, 0.05) is 31.3 Å². The zero-order valence-corrected chi connectivity index (χ0v) is 20.2. The van der Waals surface area contributed by atoms with Gasteiger partial charge < -0.3 is 19.4 Å². The quantitative estimate of drug-likeness (QED) is 0.366. The van der Waals surface area contributed by atoms with Gasteiger partial charge in [0.1, 0.15) is 17.3 Å². The summed E-state index contributed by atoms with van der Waals surface area (Å²) in [5.41, 5.74) is 1.07. The van der Waals surface area contributed by atoms with E-state index in [0.717, 1.165) is 19.3 Å². The van der Waals surface area contributed by atoms with Gasteiger partial charge in [0.15, 0.2) is 5.43 Å². The Morgan fingerprint density at radius 2 is 1.82 bits per heavy atom. The number of aryl methyl sites for hydroxylation is 1. The van der Waals surface area contributed by atoms with Crippen LogP contribution in [0.3, 0.4) is 0 Å². The Balaban J connectivity index is 2.03. The van der Waals surface area contributed by atoms with Gasteiger partial charge in [-0.25, -0.2) is 4.39 Å². The van der Waals surface area contributed by atoms with Crippen molar-refractivity contribution in [3.63, 3.8) is 0 Å². The fourth-order valence-corrected chi connectivity index (χ4v) is 3.85. The first kappa shape index (κ1) is 25.3. The van der Waals surface area contributed by atoms with Crippen LogP contribution in [-0.4, -0.2) is 30.7 Å². The molecule has 0 bridgehead atoms. The van der Waals surface area contributed by atoms with E-state index in [2.05, 4.69) is 12.2 Å². The molecule has 0 aliphatic heterocycles. The molecule has 0 fully saturated rings. The van der Waals surface area contributed by atoms with Crippen molar-refractivity contribution in [2.24, 2.45) is 0 Å². The maximum Gasteiger partial charge on any atom is 0.220 e. The van der Waals surface area contributed by atoms with E-state index in [-0.39, 0.29) is 11.3 Å². The molecule has 1 amide bonds. The number of hydrogen-bond donors (Lipinski definition) is 1. The molecule has 7 heteroatoms. The molecule has 2 aromatic carbocycles. The van der Waals surface area contributed by atoms with Crippen molar-refractivity contribution in [2.45, 2.75) is 52.5 Å². The Hall–Kier alpha value is -3.35. The molecule has 1 aromatic heterocycles. The standard InChI is InChI=1S/C27H33FN2O4/c1-4-6-15-29-24(31)8-7-16-30-18-21(19-9-11-20(33-3)12-10-19)27(32)25-22(28)13-14-23(26(25)30)34-17-5-2/h9-14,18H,4-8,15-17H2,1-3H3,(H,29,31). The van der Waals surface area contributed by atoms with Gasteiger partial charge >= 0.3 is 0 Å². The molecule has 3 rings (SSSR count). The Bertz CT molecular complexity index is 1170. The molecule has 0 saturated carbocycles. The number of fused-ring (bicyclic) bond motifs is 1. The summed E-state index contributed by atoms with van der Waals surface area (Å²) in [4.78, 5) is 25.6. The van der Waals surface area contributed by atoms with E-state index in [4.69, 9.17) is 9.47 Å². The Kier molecular flexibility index (Phi) is 9.08. The largest absolute Gasteiger partial charge is 0.497 e. The number of amides is 1. The molecule has 0 aliphatic carbocycles. The van der Waals surface area contributed by atoms with Gasteiger partial charge in [-0.2, -0.15) is 0 Å². The first-order valence-corrected chi connectivity index (χ1v) is 11.9. The van der Waals surface area contributed by atoms with E-state index < -0.39 is 11.2 Å². The predicted octanol–water partition coefficient (Wildman–Crippen LogP) is 5.30. The number of halogens is 1. The van der Waals surface area contributed by atoms with Crippen LogP contribution in [0, 0.1) is 5.82 Å². The van der Waals surface area contributed by atoms with Crippen LogP contribution in [0.5, 0.6) is 11.5 Å². The van der Waals surface area contributed by atoms with Gasteiger partial charge in [0.25, 0.3) is 0 Å². The number of benzene rings is 2. The Labute approximate surface area is 199 Å². The zero-order valence-electron chi connectivity index (χ0n) is 20.2. The van der Waals surface area contributed by atoms with Crippen molar-refractivity contribution in [1.82, 2.24) is 9.88 Å². The summed E-state index contributed by atoms with van der Waals surface area (Å²) < 4.78 is 27.9. The van der Waals surface area contributed by atoms with Crippen molar-refractivity contribution >= 4 is 16.8 Å². The van der Waals surface area contributed by atoms with E-state index >= 15 is 4.39 Å². The number of nitrogens with zero attached hydrogens (tertiary/aromatic N) is 1. The number of carbonyl (C=O) groups excluding carboxylic acids is 1. The maximum absolute atomic E-state index is 15.0. The van der Waals surface area contributed by atoms with Crippen LogP contribution in [0.2, 0.25) is 0 Å². The van der Waals surface area contributed by atoms with Crippen LogP contribution in [0.15, 0.2) is 47.4 Å². The van der Waals surface area contributed by atoms with Crippen LogP contribution in [-0.2, 0) is 11.3 Å². The van der Waals surface area contributed by atoms with Crippen molar-refractivity contribution in [1.29, 1.82) is 0 Å². The highest BCUT2D eigenvalue weighted by atomic mass is 19.1. The third-order valence-corrected chi connectivity index (χ3v) is 5.65. The third kappa shape index (κ3) is 5.95. The van der Waals surface area contributed by atoms with Crippen LogP contribution < -0.4 is 20.2 Å². The van der Waals surface area contributed by atoms with Gasteiger partial charge in [-0.15, -0.1) is 0 Å². The molecule has 0 radical (unpaired) electrons. The van der Waals surface area contributed by atoms with Crippen LogP contribution in [0.1, 0.15) is 46.0 Å². The van der Waals surface area contributed by atoms with Gasteiger partial charge in [-0.05, 0) is 49.1 Å². The Morgan fingerprint density at radius 3 is 2.50 bits per heavy atom. The SMILES string of the molecule is CCCCNC(=O)CCCn1cc(-c2ccc(OC)cc2)c(=O)c2c(F)ccc(OCCC)c21. The van der Waals surface area contributed by atoms with Crippen molar-refractivity contribution in [2.75, 3.05) is 20.3 Å². The maximum atomic E-state index is 15.0. The van der Waals surface area contributed by atoms with Gasteiger partial charge in [0.2, 0.25) is 5.91 Å². The molecule has 182 valence electrons. The second-order valence-corrected chi connectivity index (χ2v) is 8.22. The second-order valence-electron chi connectivity index (χ2n) is 8.22. The lowest BCUT2D eigenvalue weighted by Gasteiger charge is -2.17. The van der Waals surface area contributed by atoms with E-state index in [9.17, 15) is 9.59 Å². The summed E-state index contributed by atoms with van der Waals surface area (Å²) in [7, 11) is 1.57. The summed E-state index contributed by atoms with van der Waals surface area (Å²) in [6, 6.07) is 9.93. The molecular weight excluding hydrogens is 435 g/mol. The lowest BCUT2D eigenvalue weighted by Crippen LogP contribution is -2.24. The average molecular weight is 469 g/mol. The minimum absolute atomic E-state index is 0.00526. The number of aromatic nitrogens is 1. The molecule has 1 N–H and O–H groups in total. The topological polar surface area (TPSA) is 69.6 Å². The number of ether oxygens (including phenoxy) is 2. The van der Waals surface area contributed by atoms with Crippen LogP contribution in [0.25, 0.3) is 22.0 Å².